The molecular formula is C13H15Br2NO2S. The highest BCUT2D eigenvalue weighted by Crippen LogP contribution is 2.35. The van der Waals surface area contributed by atoms with Crippen molar-refractivity contribution in [1.29, 1.82) is 0 Å². The van der Waals surface area contributed by atoms with E-state index in [-0.39, 0.29) is 5.97 Å². The minimum Gasteiger partial charge on any atom is -0.465 e. The predicted molar refractivity (Wildman–Crippen MR) is 87.1 cm³/mol. The maximum Gasteiger partial charge on any atom is 0.340 e. The highest BCUT2D eigenvalue weighted by molar-refractivity contribution is 9.11. The molecule has 0 radical (unpaired) electrons. The molecule has 0 saturated carbocycles. The summed E-state index contributed by atoms with van der Waals surface area (Å²) < 4.78 is 6.56. The van der Waals surface area contributed by atoms with E-state index in [1.165, 1.54) is 7.11 Å². The highest BCUT2D eigenvalue weighted by Gasteiger charge is 2.24. The smallest absolute Gasteiger partial charge is 0.340 e. The molecule has 1 aromatic rings. The summed E-state index contributed by atoms with van der Waals surface area (Å²) in [6.45, 7) is 2.23. The fourth-order valence-electron chi connectivity index (χ4n) is 2.11. The van der Waals surface area contributed by atoms with Gasteiger partial charge in [0, 0.05) is 26.0 Å². The summed E-state index contributed by atoms with van der Waals surface area (Å²) in [5, 5.41) is 4.12. The molecule has 2 atom stereocenters. The molecule has 104 valence electrons. The van der Waals surface area contributed by atoms with Crippen molar-refractivity contribution in [3.63, 3.8) is 0 Å². The molecular weight excluding hydrogens is 394 g/mol. The second-order valence-corrected chi connectivity index (χ2v) is 7.76. The lowest BCUT2D eigenvalue weighted by Gasteiger charge is -2.18. The van der Waals surface area contributed by atoms with Gasteiger partial charge in [0.15, 0.2) is 0 Å². The number of nitrogens with one attached hydrogen (secondary N) is 1. The predicted octanol–water partition coefficient (Wildman–Crippen LogP) is 4.30. The van der Waals surface area contributed by atoms with Gasteiger partial charge in [-0.3, -0.25) is 0 Å². The number of carbonyl (C=O) groups is 1. The van der Waals surface area contributed by atoms with Crippen LogP contribution < -0.4 is 5.32 Å². The van der Waals surface area contributed by atoms with E-state index < -0.39 is 0 Å². The van der Waals surface area contributed by atoms with Crippen LogP contribution in [0.4, 0.5) is 5.69 Å². The summed E-state index contributed by atoms with van der Waals surface area (Å²) >= 11 is 8.86. The quantitative estimate of drug-likeness (QED) is 0.756. The van der Waals surface area contributed by atoms with Gasteiger partial charge < -0.3 is 10.1 Å². The van der Waals surface area contributed by atoms with E-state index in [1.807, 2.05) is 17.8 Å². The average molecular weight is 409 g/mol. The van der Waals surface area contributed by atoms with Crippen molar-refractivity contribution in [2.45, 2.75) is 24.6 Å². The summed E-state index contributed by atoms with van der Waals surface area (Å²) in [7, 11) is 1.40. The Bertz CT molecular complexity index is 496. The van der Waals surface area contributed by atoms with E-state index in [0.29, 0.717) is 16.9 Å². The van der Waals surface area contributed by atoms with Gasteiger partial charge in [0.1, 0.15) is 0 Å². The van der Waals surface area contributed by atoms with Gasteiger partial charge in [-0.05, 0) is 34.5 Å². The Morgan fingerprint density at radius 3 is 2.79 bits per heavy atom. The molecule has 0 amide bonds. The number of rotatable bonds is 3. The summed E-state index contributed by atoms with van der Waals surface area (Å²) in [6, 6.07) is 4.10. The third-order valence-corrected chi connectivity index (χ3v) is 5.45. The lowest BCUT2D eigenvalue weighted by molar-refractivity contribution is 0.0601. The van der Waals surface area contributed by atoms with E-state index >= 15 is 0 Å². The van der Waals surface area contributed by atoms with Gasteiger partial charge in [-0.15, -0.1) is 0 Å². The third kappa shape index (κ3) is 3.67. The molecule has 1 aliphatic rings. The molecule has 1 heterocycles. The normalized spacial score (nSPS) is 22.3. The minimum atomic E-state index is -0.330. The van der Waals surface area contributed by atoms with E-state index in [0.717, 1.165) is 26.8 Å². The molecule has 0 spiro atoms. The van der Waals surface area contributed by atoms with Crippen molar-refractivity contribution in [3.05, 3.63) is 26.6 Å². The maximum atomic E-state index is 11.9. The van der Waals surface area contributed by atoms with E-state index in [9.17, 15) is 4.79 Å². The molecule has 6 heteroatoms. The number of hydrogen-bond donors (Lipinski definition) is 1. The Hall–Kier alpha value is -0.200. The number of carbonyl (C=O) groups excluding carboxylic acids is 1. The van der Waals surface area contributed by atoms with Gasteiger partial charge in [0.25, 0.3) is 0 Å². The number of hydrogen-bond acceptors (Lipinski definition) is 4. The van der Waals surface area contributed by atoms with Gasteiger partial charge >= 0.3 is 5.97 Å². The number of benzene rings is 1. The SMILES string of the molecule is COC(=O)c1cc(Br)cc(Br)c1NC1CSC(C)C1. The molecule has 1 aromatic carbocycles. The van der Waals surface area contributed by atoms with Crippen molar-refractivity contribution in [3.8, 4) is 0 Å². The van der Waals surface area contributed by atoms with Crippen molar-refractivity contribution >= 4 is 55.3 Å². The number of halogens is 2. The molecule has 1 N–H and O–H groups in total. The second-order valence-electron chi connectivity index (χ2n) is 4.52. The van der Waals surface area contributed by atoms with Gasteiger partial charge in [-0.25, -0.2) is 4.79 Å². The van der Waals surface area contributed by atoms with Crippen molar-refractivity contribution in [2.75, 3.05) is 18.2 Å². The Labute approximate surface area is 134 Å². The van der Waals surface area contributed by atoms with Gasteiger partial charge in [0.2, 0.25) is 0 Å². The molecule has 1 saturated heterocycles. The minimum absolute atomic E-state index is 0.330. The van der Waals surface area contributed by atoms with Crippen molar-refractivity contribution in [2.24, 2.45) is 0 Å². The molecule has 1 aliphatic heterocycles. The summed E-state index contributed by atoms with van der Waals surface area (Å²) in [4.78, 5) is 11.9. The lowest BCUT2D eigenvalue weighted by Crippen LogP contribution is -2.21. The Morgan fingerprint density at radius 2 is 2.21 bits per heavy atom. The van der Waals surface area contributed by atoms with Crippen LogP contribution in [0.3, 0.4) is 0 Å². The van der Waals surface area contributed by atoms with Gasteiger partial charge in [-0.1, -0.05) is 22.9 Å². The van der Waals surface area contributed by atoms with Crippen molar-refractivity contribution < 1.29 is 9.53 Å². The Kier molecular flexibility index (Phi) is 5.20. The Morgan fingerprint density at radius 1 is 1.47 bits per heavy atom. The summed E-state index contributed by atoms with van der Waals surface area (Å²) in [6.07, 6.45) is 1.10. The summed E-state index contributed by atoms with van der Waals surface area (Å²) in [5.74, 6) is 0.729. The number of anilines is 1. The second kappa shape index (κ2) is 6.50. The average Bonchev–Trinajstić information content (AvgIpc) is 2.77. The molecule has 2 unspecified atom stereocenters. The largest absolute Gasteiger partial charge is 0.465 e. The zero-order valence-electron chi connectivity index (χ0n) is 10.7. The van der Waals surface area contributed by atoms with Crippen molar-refractivity contribution in [1.82, 2.24) is 0 Å². The zero-order chi connectivity index (χ0) is 14.0. The van der Waals surface area contributed by atoms with Gasteiger partial charge in [-0.2, -0.15) is 11.8 Å². The van der Waals surface area contributed by atoms with Gasteiger partial charge in [0.05, 0.1) is 18.4 Å². The number of methoxy groups -OCH3 is 1. The van der Waals surface area contributed by atoms with Crippen LogP contribution in [0.1, 0.15) is 23.7 Å². The van der Waals surface area contributed by atoms with Crippen LogP contribution in [0.5, 0.6) is 0 Å². The van der Waals surface area contributed by atoms with E-state index in [2.05, 4.69) is 44.1 Å². The first-order valence-corrected chi connectivity index (χ1v) is 8.60. The van der Waals surface area contributed by atoms with Crippen LogP contribution in [0.2, 0.25) is 0 Å². The zero-order valence-corrected chi connectivity index (χ0v) is 14.7. The van der Waals surface area contributed by atoms with E-state index in [4.69, 9.17) is 4.74 Å². The maximum absolute atomic E-state index is 11.9. The third-order valence-electron chi connectivity index (χ3n) is 3.01. The molecule has 1 fully saturated rings. The fourth-order valence-corrected chi connectivity index (χ4v) is 4.60. The van der Waals surface area contributed by atoms with Crippen LogP contribution >= 0.6 is 43.6 Å². The Balaban J connectivity index is 2.29. The first kappa shape index (κ1) is 15.2. The molecule has 0 aliphatic carbocycles. The monoisotopic (exact) mass is 407 g/mol. The van der Waals surface area contributed by atoms with Crippen LogP contribution in [0.15, 0.2) is 21.1 Å². The number of thioether (sulfide) groups is 1. The van der Waals surface area contributed by atoms with Crippen LogP contribution in [0.25, 0.3) is 0 Å². The number of ether oxygens (including phenoxy) is 1. The van der Waals surface area contributed by atoms with E-state index in [1.54, 1.807) is 6.07 Å². The molecule has 0 bridgehead atoms. The highest BCUT2D eigenvalue weighted by atomic mass is 79.9. The first-order valence-electron chi connectivity index (χ1n) is 5.96. The molecule has 3 nitrogen and oxygen atoms in total. The molecule has 2 rings (SSSR count). The molecule has 19 heavy (non-hydrogen) atoms. The van der Waals surface area contributed by atoms with Crippen LogP contribution in [0, 0.1) is 0 Å². The van der Waals surface area contributed by atoms with Crippen LogP contribution in [-0.2, 0) is 4.74 Å². The standard InChI is InChI=1S/C13H15Br2NO2S/c1-7-3-9(6-19-7)16-12-10(13(17)18-2)4-8(14)5-11(12)15/h4-5,7,9,16H,3,6H2,1-2H3. The first-order chi connectivity index (χ1) is 9.01. The fraction of sp³-hybridized carbons (Fsp3) is 0.462. The summed E-state index contributed by atoms with van der Waals surface area (Å²) in [5.41, 5.74) is 1.36. The van der Waals surface area contributed by atoms with Crippen LogP contribution in [-0.4, -0.2) is 30.1 Å². The lowest BCUT2D eigenvalue weighted by atomic mass is 10.1. The number of esters is 1. The molecule has 0 aromatic heterocycles. The topological polar surface area (TPSA) is 38.3 Å².